The Morgan fingerprint density at radius 2 is 1.88 bits per heavy atom. The highest BCUT2D eigenvalue weighted by atomic mass is 32.2. The third kappa shape index (κ3) is 5.67. The van der Waals surface area contributed by atoms with Crippen LogP contribution in [-0.2, 0) is 10.0 Å². The average molecular weight is 383 g/mol. The second-order valence-electron chi connectivity index (χ2n) is 7.44. The summed E-state index contributed by atoms with van der Waals surface area (Å²) in [5.41, 5.74) is 0.571. The van der Waals surface area contributed by atoms with Gasteiger partial charge in [-0.3, -0.25) is 4.79 Å². The number of pyridine rings is 1. The number of hydrogen-bond donors (Lipinski definition) is 2. The first kappa shape index (κ1) is 20.6. The molecule has 1 heterocycles. The lowest BCUT2D eigenvalue weighted by Crippen LogP contribution is -2.37. The third-order valence-electron chi connectivity index (χ3n) is 4.81. The molecule has 146 valence electrons. The van der Waals surface area contributed by atoms with Gasteiger partial charge in [0.15, 0.2) is 0 Å². The smallest absolute Gasteiger partial charge is 0.254 e. The molecule has 2 N–H and O–H groups in total. The molecule has 7 nitrogen and oxygen atoms in total. The second-order valence-corrected chi connectivity index (χ2v) is 9.76. The predicted molar refractivity (Wildman–Crippen MR) is 104 cm³/mol. The molecular formula is C18H30N4O3S. The van der Waals surface area contributed by atoms with E-state index in [1.165, 1.54) is 4.90 Å². The highest BCUT2D eigenvalue weighted by molar-refractivity contribution is 7.90. The molecule has 1 aromatic rings. The summed E-state index contributed by atoms with van der Waals surface area (Å²) in [6.07, 6.45) is 5.52. The standard InChI is InChI=1S/C18H30N4O3S/c1-13(2)26(24,25)20-11-14-5-8-16(9-6-14)21-17-10-7-15(12-19-17)18(23)22(3)4/h7,10,12-14,16,20H,5-6,8-9,11H2,1-4H3,(H,19,21). The minimum absolute atomic E-state index is 0.0617. The van der Waals surface area contributed by atoms with E-state index in [9.17, 15) is 13.2 Å². The van der Waals surface area contributed by atoms with Gasteiger partial charge >= 0.3 is 0 Å². The van der Waals surface area contributed by atoms with E-state index in [2.05, 4.69) is 15.0 Å². The molecule has 0 saturated heterocycles. The van der Waals surface area contributed by atoms with Crippen molar-refractivity contribution in [1.82, 2.24) is 14.6 Å². The zero-order valence-corrected chi connectivity index (χ0v) is 16.8. The Bertz CT molecular complexity index is 694. The van der Waals surface area contributed by atoms with Crippen LogP contribution in [0.3, 0.4) is 0 Å². The van der Waals surface area contributed by atoms with Crippen LogP contribution < -0.4 is 10.0 Å². The summed E-state index contributed by atoms with van der Waals surface area (Å²) in [6.45, 7) is 3.90. The van der Waals surface area contributed by atoms with Crippen LogP contribution in [0.2, 0.25) is 0 Å². The Balaban J connectivity index is 1.79. The van der Waals surface area contributed by atoms with Crippen LogP contribution in [0.5, 0.6) is 0 Å². The van der Waals surface area contributed by atoms with Gasteiger partial charge in [-0.1, -0.05) is 0 Å². The molecule has 1 amide bonds. The summed E-state index contributed by atoms with van der Waals surface area (Å²) in [4.78, 5) is 17.7. The fourth-order valence-corrected chi connectivity index (χ4v) is 3.79. The molecule has 8 heteroatoms. The highest BCUT2D eigenvalue weighted by Crippen LogP contribution is 2.26. The monoisotopic (exact) mass is 382 g/mol. The van der Waals surface area contributed by atoms with E-state index in [1.807, 2.05) is 6.07 Å². The fraction of sp³-hybridized carbons (Fsp3) is 0.667. The Hall–Kier alpha value is -1.67. The maximum atomic E-state index is 11.9. The van der Waals surface area contributed by atoms with Gasteiger partial charge in [0.1, 0.15) is 5.82 Å². The minimum atomic E-state index is -3.18. The van der Waals surface area contributed by atoms with Crippen LogP contribution in [0, 0.1) is 5.92 Å². The summed E-state index contributed by atoms with van der Waals surface area (Å²) in [7, 11) is 0.249. The van der Waals surface area contributed by atoms with Gasteiger partial charge < -0.3 is 10.2 Å². The normalized spacial score (nSPS) is 20.8. The van der Waals surface area contributed by atoms with Gasteiger partial charge in [0.25, 0.3) is 5.91 Å². The summed E-state index contributed by atoms with van der Waals surface area (Å²) in [5.74, 6) is 1.09. The first-order chi connectivity index (χ1) is 12.2. The van der Waals surface area contributed by atoms with Gasteiger partial charge in [-0.2, -0.15) is 0 Å². The zero-order valence-electron chi connectivity index (χ0n) is 16.0. The summed E-state index contributed by atoms with van der Waals surface area (Å²) < 4.78 is 26.4. The molecule has 2 rings (SSSR count). The lowest BCUT2D eigenvalue weighted by molar-refractivity contribution is 0.0827. The summed E-state index contributed by atoms with van der Waals surface area (Å²) >= 11 is 0. The molecule has 1 aliphatic rings. The van der Waals surface area contributed by atoms with Crippen molar-refractivity contribution in [2.75, 3.05) is 26.0 Å². The Labute approximate surface area is 156 Å². The quantitative estimate of drug-likeness (QED) is 0.753. The van der Waals surface area contributed by atoms with Gasteiger partial charge in [0.05, 0.1) is 10.8 Å². The maximum Gasteiger partial charge on any atom is 0.254 e. The molecule has 1 fully saturated rings. The van der Waals surface area contributed by atoms with E-state index in [4.69, 9.17) is 0 Å². The van der Waals surface area contributed by atoms with Crippen LogP contribution in [0.1, 0.15) is 49.9 Å². The molecule has 0 bridgehead atoms. The van der Waals surface area contributed by atoms with Crippen molar-refractivity contribution in [3.8, 4) is 0 Å². The second kappa shape index (κ2) is 8.81. The third-order valence-corrected chi connectivity index (χ3v) is 6.62. The van der Waals surface area contributed by atoms with Gasteiger partial charge in [0, 0.05) is 32.9 Å². The molecule has 0 aliphatic heterocycles. The topological polar surface area (TPSA) is 91.4 Å². The first-order valence-corrected chi connectivity index (χ1v) is 10.7. The van der Waals surface area contributed by atoms with E-state index < -0.39 is 15.3 Å². The number of carbonyl (C=O) groups excluding carboxylic acids is 1. The minimum Gasteiger partial charge on any atom is -0.367 e. The number of rotatable bonds is 7. The van der Waals surface area contributed by atoms with E-state index in [1.54, 1.807) is 40.2 Å². The van der Waals surface area contributed by atoms with Crippen molar-refractivity contribution in [2.45, 2.75) is 50.8 Å². The van der Waals surface area contributed by atoms with Gasteiger partial charge in [-0.15, -0.1) is 0 Å². The van der Waals surface area contributed by atoms with E-state index in [0.717, 1.165) is 31.5 Å². The number of carbonyl (C=O) groups is 1. The Morgan fingerprint density at radius 3 is 2.38 bits per heavy atom. The molecule has 1 aliphatic carbocycles. The molecule has 1 saturated carbocycles. The van der Waals surface area contributed by atoms with Crippen LogP contribution in [0.25, 0.3) is 0 Å². The molecule has 0 radical (unpaired) electrons. The van der Waals surface area contributed by atoms with Crippen molar-refractivity contribution in [3.05, 3.63) is 23.9 Å². The average Bonchev–Trinajstić information content (AvgIpc) is 2.61. The Morgan fingerprint density at radius 1 is 1.23 bits per heavy atom. The van der Waals surface area contributed by atoms with Gasteiger partial charge in [0.2, 0.25) is 10.0 Å². The summed E-state index contributed by atoms with van der Waals surface area (Å²) in [6, 6.07) is 3.94. The highest BCUT2D eigenvalue weighted by Gasteiger charge is 2.24. The van der Waals surface area contributed by atoms with Crippen molar-refractivity contribution >= 4 is 21.7 Å². The lowest BCUT2D eigenvalue weighted by atomic mass is 9.86. The predicted octanol–water partition coefficient (Wildman–Crippen LogP) is 2.08. The molecule has 1 aromatic heterocycles. The van der Waals surface area contributed by atoms with E-state index >= 15 is 0 Å². The molecular weight excluding hydrogens is 352 g/mol. The number of amides is 1. The first-order valence-electron chi connectivity index (χ1n) is 9.11. The van der Waals surface area contributed by atoms with Crippen molar-refractivity contribution in [2.24, 2.45) is 5.92 Å². The van der Waals surface area contributed by atoms with Crippen LogP contribution in [0.4, 0.5) is 5.82 Å². The van der Waals surface area contributed by atoms with E-state index in [0.29, 0.717) is 24.1 Å². The largest absolute Gasteiger partial charge is 0.367 e. The zero-order chi connectivity index (χ0) is 19.3. The van der Waals surface area contributed by atoms with Gasteiger partial charge in [-0.25, -0.2) is 18.1 Å². The van der Waals surface area contributed by atoms with Crippen molar-refractivity contribution < 1.29 is 13.2 Å². The summed E-state index contributed by atoms with van der Waals surface area (Å²) in [5, 5.41) is 3.02. The molecule has 0 atom stereocenters. The number of aromatic nitrogens is 1. The van der Waals surface area contributed by atoms with Gasteiger partial charge in [-0.05, 0) is 57.6 Å². The maximum absolute atomic E-state index is 11.9. The van der Waals surface area contributed by atoms with Crippen LogP contribution in [-0.4, -0.2) is 56.1 Å². The van der Waals surface area contributed by atoms with Crippen molar-refractivity contribution in [1.29, 1.82) is 0 Å². The molecule has 0 unspecified atom stereocenters. The number of nitrogens with one attached hydrogen (secondary N) is 2. The number of nitrogens with zero attached hydrogens (tertiary/aromatic N) is 2. The molecule has 0 spiro atoms. The fourth-order valence-electron chi connectivity index (χ4n) is 2.98. The van der Waals surface area contributed by atoms with E-state index in [-0.39, 0.29) is 5.91 Å². The number of hydrogen-bond acceptors (Lipinski definition) is 5. The van der Waals surface area contributed by atoms with Crippen LogP contribution in [0.15, 0.2) is 18.3 Å². The Kier molecular flexibility index (Phi) is 7.00. The molecule has 26 heavy (non-hydrogen) atoms. The lowest BCUT2D eigenvalue weighted by Gasteiger charge is -2.29. The number of sulfonamides is 1. The van der Waals surface area contributed by atoms with Crippen molar-refractivity contribution in [3.63, 3.8) is 0 Å². The van der Waals surface area contributed by atoms with Crippen LogP contribution >= 0.6 is 0 Å². The SMILES string of the molecule is CC(C)S(=O)(=O)NCC1CCC(Nc2ccc(C(=O)N(C)C)cn2)CC1. The molecule has 0 aromatic carbocycles. The number of anilines is 1.